The Morgan fingerprint density at radius 3 is 2.40 bits per heavy atom. The van der Waals surface area contributed by atoms with Crippen LogP contribution in [0.3, 0.4) is 0 Å². The minimum atomic E-state index is 0.457. The molecule has 45 valence electrons. The van der Waals surface area contributed by atoms with Crippen LogP contribution in [0.25, 0.3) is 0 Å². The molecule has 0 aromatic heterocycles. The molecule has 0 spiro atoms. The summed E-state index contributed by atoms with van der Waals surface area (Å²) in [5, 5.41) is 16.7. The molecule has 0 unspecified atom stereocenters. The molecule has 2 nitrogen and oxygen atoms in total. The zero-order chi connectivity index (χ0) is 7.40. The fourth-order valence-electron chi connectivity index (χ4n) is 0.564. The predicted octanol–water partition coefficient (Wildman–Crippen LogP) is 1.23. The van der Waals surface area contributed by atoms with Crippen LogP contribution in [0.15, 0.2) is 18.2 Å². The second kappa shape index (κ2) is 2.66. The molecule has 0 atom stereocenters. The zero-order valence-corrected chi connectivity index (χ0v) is 5.13. The van der Waals surface area contributed by atoms with Gasteiger partial charge in [-0.05, 0) is 18.2 Å². The van der Waals surface area contributed by atoms with Gasteiger partial charge in [-0.25, -0.2) is 0 Å². The first-order valence-electron chi connectivity index (χ1n) is 2.69. The summed E-state index contributed by atoms with van der Waals surface area (Å²) in [5.74, 6) is 0. The van der Waals surface area contributed by atoms with Gasteiger partial charge in [-0.3, -0.25) is 0 Å². The summed E-state index contributed by atoms with van der Waals surface area (Å²) in [6.45, 7) is 0. The maximum Gasteiger partial charge on any atom is 0.0998 e. The lowest BCUT2D eigenvalue weighted by Crippen LogP contribution is -1.75. The SMILES string of the molecule is N#Cc1[c]cc(C#N)cc1. The van der Waals surface area contributed by atoms with E-state index in [0.29, 0.717) is 11.1 Å². The monoisotopic (exact) mass is 127 g/mol. The second-order valence-electron chi connectivity index (χ2n) is 1.71. The summed E-state index contributed by atoms with van der Waals surface area (Å²) in [7, 11) is 0. The molecule has 0 bridgehead atoms. The van der Waals surface area contributed by atoms with E-state index in [1.165, 1.54) is 6.07 Å². The first-order valence-corrected chi connectivity index (χ1v) is 2.69. The topological polar surface area (TPSA) is 47.6 Å². The zero-order valence-electron chi connectivity index (χ0n) is 5.13. The van der Waals surface area contributed by atoms with Crippen molar-refractivity contribution in [2.24, 2.45) is 0 Å². The number of hydrogen-bond donors (Lipinski definition) is 0. The lowest BCUT2D eigenvalue weighted by atomic mass is 10.2. The maximum atomic E-state index is 8.35. The molecule has 0 saturated carbocycles. The molecule has 0 aliphatic rings. The molecule has 1 rings (SSSR count). The molecule has 10 heavy (non-hydrogen) atoms. The summed E-state index contributed by atoms with van der Waals surface area (Å²) in [6, 6.07) is 11.2. The molecule has 1 aromatic rings. The summed E-state index contributed by atoms with van der Waals surface area (Å²) >= 11 is 0. The molecule has 1 aromatic carbocycles. The van der Waals surface area contributed by atoms with Gasteiger partial charge in [0.15, 0.2) is 0 Å². The molecule has 1 radical (unpaired) electrons. The highest BCUT2D eigenvalue weighted by Crippen LogP contribution is 1.99. The Hall–Kier alpha value is -1.80. The van der Waals surface area contributed by atoms with Crippen molar-refractivity contribution in [3.63, 3.8) is 0 Å². The molecule has 0 heterocycles. The van der Waals surface area contributed by atoms with E-state index in [-0.39, 0.29) is 0 Å². The van der Waals surface area contributed by atoms with E-state index in [2.05, 4.69) is 6.07 Å². The Kier molecular flexibility index (Phi) is 1.68. The fraction of sp³-hybridized carbons (Fsp3) is 0. The van der Waals surface area contributed by atoms with Gasteiger partial charge >= 0.3 is 0 Å². The van der Waals surface area contributed by atoms with Crippen LogP contribution >= 0.6 is 0 Å². The van der Waals surface area contributed by atoms with Gasteiger partial charge in [0.1, 0.15) is 0 Å². The number of nitrogens with zero attached hydrogens (tertiary/aromatic N) is 2. The highest BCUT2D eigenvalue weighted by atomic mass is 14.2. The van der Waals surface area contributed by atoms with Crippen LogP contribution < -0.4 is 0 Å². The van der Waals surface area contributed by atoms with Gasteiger partial charge in [0.2, 0.25) is 0 Å². The lowest BCUT2D eigenvalue weighted by molar-refractivity contribution is 1.45. The van der Waals surface area contributed by atoms with Crippen molar-refractivity contribution in [3.8, 4) is 12.1 Å². The first-order chi connectivity index (χ1) is 4.86. The van der Waals surface area contributed by atoms with E-state index in [0.717, 1.165) is 0 Å². The average Bonchev–Trinajstić information content (AvgIpc) is 2.05. The van der Waals surface area contributed by atoms with Crippen LogP contribution in [0.1, 0.15) is 11.1 Å². The molecular weight excluding hydrogens is 124 g/mol. The maximum absolute atomic E-state index is 8.35. The van der Waals surface area contributed by atoms with Crippen molar-refractivity contribution < 1.29 is 0 Å². The van der Waals surface area contributed by atoms with E-state index in [9.17, 15) is 0 Å². The summed E-state index contributed by atoms with van der Waals surface area (Å²) < 4.78 is 0. The van der Waals surface area contributed by atoms with Gasteiger partial charge in [0.25, 0.3) is 0 Å². The van der Waals surface area contributed by atoms with Crippen molar-refractivity contribution in [2.75, 3.05) is 0 Å². The quantitative estimate of drug-likeness (QED) is 0.526. The molecule has 0 N–H and O–H groups in total. The van der Waals surface area contributed by atoms with Gasteiger partial charge in [0, 0.05) is 6.07 Å². The lowest BCUT2D eigenvalue weighted by Gasteiger charge is -1.85. The molecule has 0 aliphatic heterocycles. The standard InChI is InChI=1S/C8H3N2/c9-5-7-1-2-8(6-10)4-3-7/h1-3H. The van der Waals surface area contributed by atoms with Crippen molar-refractivity contribution in [3.05, 3.63) is 35.4 Å². The average molecular weight is 127 g/mol. The Bertz CT molecular complexity index is 265. The molecule has 0 fully saturated rings. The number of benzene rings is 1. The summed E-state index contributed by atoms with van der Waals surface area (Å²) in [5.41, 5.74) is 0.984. The predicted molar refractivity (Wildman–Crippen MR) is 34.7 cm³/mol. The summed E-state index contributed by atoms with van der Waals surface area (Å²) in [4.78, 5) is 0. The molecule has 0 amide bonds. The number of hydrogen-bond acceptors (Lipinski definition) is 2. The third-order valence-corrected chi connectivity index (χ3v) is 1.06. The molecular formula is C8H3N2. The minimum absolute atomic E-state index is 0.457. The van der Waals surface area contributed by atoms with Crippen molar-refractivity contribution in [2.45, 2.75) is 0 Å². The van der Waals surface area contributed by atoms with E-state index >= 15 is 0 Å². The van der Waals surface area contributed by atoms with Crippen LogP contribution in [0.2, 0.25) is 0 Å². The Balaban J connectivity index is 3.08. The van der Waals surface area contributed by atoms with Crippen LogP contribution in [-0.4, -0.2) is 0 Å². The van der Waals surface area contributed by atoms with Gasteiger partial charge < -0.3 is 0 Å². The Morgan fingerprint density at radius 2 is 2.00 bits per heavy atom. The third-order valence-electron chi connectivity index (χ3n) is 1.06. The normalized spacial score (nSPS) is 7.80. The Morgan fingerprint density at radius 1 is 1.20 bits per heavy atom. The van der Waals surface area contributed by atoms with Gasteiger partial charge in [-0.1, -0.05) is 0 Å². The van der Waals surface area contributed by atoms with Crippen molar-refractivity contribution >= 4 is 0 Å². The number of rotatable bonds is 0. The van der Waals surface area contributed by atoms with Gasteiger partial charge in [-0.15, -0.1) is 0 Å². The number of nitriles is 2. The van der Waals surface area contributed by atoms with Crippen LogP contribution in [0.5, 0.6) is 0 Å². The molecule has 0 saturated heterocycles. The van der Waals surface area contributed by atoms with Crippen molar-refractivity contribution in [1.29, 1.82) is 10.5 Å². The highest BCUT2D eigenvalue weighted by molar-refractivity contribution is 5.35. The summed E-state index contributed by atoms with van der Waals surface area (Å²) in [6.07, 6.45) is 0. The van der Waals surface area contributed by atoms with E-state index in [1.807, 2.05) is 12.1 Å². The van der Waals surface area contributed by atoms with Crippen LogP contribution in [0.4, 0.5) is 0 Å². The molecule has 0 aliphatic carbocycles. The van der Waals surface area contributed by atoms with Crippen LogP contribution in [0, 0.1) is 28.7 Å². The fourth-order valence-corrected chi connectivity index (χ4v) is 0.564. The van der Waals surface area contributed by atoms with E-state index < -0.39 is 0 Å². The second-order valence-corrected chi connectivity index (χ2v) is 1.71. The van der Waals surface area contributed by atoms with Gasteiger partial charge in [0.05, 0.1) is 23.3 Å². The van der Waals surface area contributed by atoms with Crippen molar-refractivity contribution in [1.82, 2.24) is 0 Å². The smallest absolute Gasteiger partial charge is 0.0998 e. The largest absolute Gasteiger partial charge is 0.192 e. The Labute approximate surface area is 58.9 Å². The minimum Gasteiger partial charge on any atom is -0.192 e. The third kappa shape index (κ3) is 1.13. The van der Waals surface area contributed by atoms with Gasteiger partial charge in [-0.2, -0.15) is 10.5 Å². The molecule has 2 heteroatoms. The highest BCUT2D eigenvalue weighted by Gasteiger charge is 1.89. The van der Waals surface area contributed by atoms with Crippen LogP contribution in [-0.2, 0) is 0 Å². The van der Waals surface area contributed by atoms with E-state index in [4.69, 9.17) is 10.5 Å². The first kappa shape index (κ1) is 6.32. The van der Waals surface area contributed by atoms with E-state index in [1.54, 1.807) is 12.1 Å².